The van der Waals surface area contributed by atoms with E-state index in [-0.39, 0.29) is 0 Å². The molecule has 0 nitrogen and oxygen atoms in total. The van der Waals surface area contributed by atoms with Gasteiger partial charge in [0.1, 0.15) is 5.83 Å². The number of hydrogen-bond donors (Lipinski definition) is 0. The van der Waals surface area contributed by atoms with Gasteiger partial charge in [-0.15, -0.1) is 0 Å². The lowest BCUT2D eigenvalue weighted by molar-refractivity contribution is 0.671. The molecule has 0 saturated carbocycles. The number of hydrogen-bond acceptors (Lipinski definition) is 0. The van der Waals surface area contributed by atoms with Gasteiger partial charge in [-0.3, -0.25) is 0 Å². The molecule has 0 aromatic rings. The molecule has 0 aromatic heterocycles. The Labute approximate surface area is 56.5 Å². The lowest BCUT2D eigenvalue weighted by Gasteiger charge is -1.79. The Morgan fingerprint density at radius 1 is 1.38 bits per heavy atom. The predicted molar refractivity (Wildman–Crippen MR) is 37.5 cm³/mol. The summed E-state index contributed by atoms with van der Waals surface area (Å²) in [6.45, 7) is 6.46. The number of rotatable bonds is 2. The average Bonchev–Trinajstić information content (AvgIpc) is 1.61. The molecule has 0 aliphatic carbocycles. The number of halogens is 2. The zero-order valence-electron chi connectivity index (χ0n) is 4.32. The van der Waals surface area contributed by atoms with E-state index in [1.165, 1.54) is 12.2 Å². The molecule has 0 rings (SSSR count). The predicted octanol–water partition coefficient (Wildman–Crippen LogP) is 2.93. The van der Waals surface area contributed by atoms with Gasteiger partial charge in [-0.1, -0.05) is 29.1 Å². The van der Waals surface area contributed by atoms with Crippen LogP contribution in [0.5, 0.6) is 0 Å². The summed E-state index contributed by atoms with van der Waals surface area (Å²) in [4.78, 5) is 0. The van der Waals surface area contributed by atoms with Crippen molar-refractivity contribution in [2.24, 2.45) is 0 Å². The Morgan fingerprint density at radius 2 is 1.88 bits per heavy atom. The first kappa shape index (κ1) is 7.63. The first-order valence-corrected chi connectivity index (χ1v) is 2.79. The molecule has 0 aliphatic heterocycles. The third kappa shape index (κ3) is 5.63. The molecular formula is C6H6BrF. The normalized spacial score (nSPS) is 9.75. The van der Waals surface area contributed by atoms with Gasteiger partial charge in [0.15, 0.2) is 0 Å². The van der Waals surface area contributed by atoms with Gasteiger partial charge in [0.2, 0.25) is 0 Å². The van der Waals surface area contributed by atoms with Gasteiger partial charge in [0.05, 0.1) is 0 Å². The van der Waals surface area contributed by atoms with Gasteiger partial charge in [0.25, 0.3) is 0 Å². The van der Waals surface area contributed by atoms with Crippen LogP contribution in [-0.2, 0) is 0 Å². The van der Waals surface area contributed by atoms with Gasteiger partial charge in [0, 0.05) is 4.48 Å². The van der Waals surface area contributed by atoms with Crippen LogP contribution >= 0.6 is 15.9 Å². The topological polar surface area (TPSA) is 0 Å². The number of allylic oxidation sites excluding steroid dienone is 4. The van der Waals surface area contributed by atoms with Crippen molar-refractivity contribution in [1.82, 2.24) is 0 Å². The third-order valence-electron chi connectivity index (χ3n) is 0.445. The van der Waals surface area contributed by atoms with Crippen LogP contribution in [-0.4, -0.2) is 0 Å². The summed E-state index contributed by atoms with van der Waals surface area (Å²) in [5.74, 6) is -0.467. The summed E-state index contributed by atoms with van der Waals surface area (Å²) in [5, 5.41) is 0. The Morgan fingerprint density at radius 3 is 2.00 bits per heavy atom. The smallest absolute Gasteiger partial charge is 0.116 e. The Bertz CT molecular complexity index is 119. The average molecular weight is 177 g/mol. The van der Waals surface area contributed by atoms with Crippen LogP contribution < -0.4 is 0 Å². The van der Waals surface area contributed by atoms with Crippen LogP contribution in [0, 0.1) is 0 Å². The van der Waals surface area contributed by atoms with Gasteiger partial charge < -0.3 is 0 Å². The molecule has 44 valence electrons. The van der Waals surface area contributed by atoms with E-state index in [0.29, 0.717) is 4.48 Å². The highest BCUT2D eigenvalue weighted by molar-refractivity contribution is 9.11. The molecule has 0 bridgehead atoms. The highest BCUT2D eigenvalue weighted by Crippen LogP contribution is 2.04. The minimum atomic E-state index is -0.467. The van der Waals surface area contributed by atoms with E-state index < -0.39 is 5.83 Å². The highest BCUT2D eigenvalue weighted by atomic mass is 79.9. The molecule has 0 saturated heterocycles. The van der Waals surface area contributed by atoms with Crippen LogP contribution in [0.15, 0.2) is 35.6 Å². The Kier molecular flexibility index (Phi) is 3.44. The van der Waals surface area contributed by atoms with Gasteiger partial charge >= 0.3 is 0 Å². The largest absolute Gasteiger partial charge is 0.208 e. The molecule has 0 atom stereocenters. The van der Waals surface area contributed by atoms with E-state index in [2.05, 4.69) is 29.1 Å². The summed E-state index contributed by atoms with van der Waals surface area (Å²) in [6.07, 6.45) is 2.72. The standard InChI is InChI=1S/C6H6BrF/c1-5(7)3-4-6(2)8/h3-4H,1-2H2. The fourth-order valence-electron chi connectivity index (χ4n) is 0.181. The van der Waals surface area contributed by atoms with Crippen molar-refractivity contribution in [1.29, 1.82) is 0 Å². The van der Waals surface area contributed by atoms with Gasteiger partial charge in [-0.2, -0.15) is 0 Å². The summed E-state index contributed by atoms with van der Waals surface area (Å²) in [6, 6.07) is 0. The molecule has 0 heterocycles. The molecule has 0 radical (unpaired) electrons. The monoisotopic (exact) mass is 176 g/mol. The highest BCUT2D eigenvalue weighted by Gasteiger charge is 1.78. The third-order valence-corrected chi connectivity index (χ3v) is 0.709. The van der Waals surface area contributed by atoms with Crippen molar-refractivity contribution in [2.75, 3.05) is 0 Å². The van der Waals surface area contributed by atoms with Crippen molar-refractivity contribution < 1.29 is 4.39 Å². The molecule has 2 heteroatoms. The first-order chi connectivity index (χ1) is 3.63. The Balaban J connectivity index is 3.67. The van der Waals surface area contributed by atoms with E-state index >= 15 is 0 Å². The maximum Gasteiger partial charge on any atom is 0.116 e. The molecule has 0 aromatic carbocycles. The maximum absolute atomic E-state index is 11.7. The summed E-state index contributed by atoms with van der Waals surface area (Å²) < 4.78 is 12.4. The van der Waals surface area contributed by atoms with Crippen molar-refractivity contribution in [3.63, 3.8) is 0 Å². The second-order valence-electron chi connectivity index (χ2n) is 1.23. The lowest BCUT2D eigenvalue weighted by atomic mass is 10.5. The second-order valence-corrected chi connectivity index (χ2v) is 2.25. The fraction of sp³-hybridized carbons (Fsp3) is 0. The first-order valence-electron chi connectivity index (χ1n) is 2.00. The SMILES string of the molecule is C=C(F)C=CC(=C)Br. The summed E-state index contributed by atoms with van der Waals surface area (Å²) in [5.41, 5.74) is 0. The van der Waals surface area contributed by atoms with E-state index in [9.17, 15) is 4.39 Å². The molecule has 0 N–H and O–H groups in total. The Hall–Kier alpha value is -0.370. The maximum atomic E-state index is 11.7. The molecule has 8 heavy (non-hydrogen) atoms. The minimum Gasteiger partial charge on any atom is -0.208 e. The van der Waals surface area contributed by atoms with Crippen LogP contribution in [0.4, 0.5) is 4.39 Å². The zero-order valence-corrected chi connectivity index (χ0v) is 5.91. The molecule has 0 spiro atoms. The van der Waals surface area contributed by atoms with Crippen LogP contribution in [0.2, 0.25) is 0 Å². The van der Waals surface area contributed by atoms with Crippen LogP contribution in [0.1, 0.15) is 0 Å². The minimum absolute atomic E-state index is 0.467. The fourth-order valence-corrected chi connectivity index (χ4v) is 0.313. The quantitative estimate of drug-likeness (QED) is 0.568. The van der Waals surface area contributed by atoms with Crippen molar-refractivity contribution >= 4 is 15.9 Å². The molecule has 0 fully saturated rings. The van der Waals surface area contributed by atoms with E-state index in [0.717, 1.165) is 0 Å². The van der Waals surface area contributed by atoms with Gasteiger partial charge in [-0.25, -0.2) is 4.39 Å². The van der Waals surface area contributed by atoms with E-state index in [4.69, 9.17) is 0 Å². The summed E-state index contributed by atoms with van der Waals surface area (Å²) >= 11 is 3.01. The van der Waals surface area contributed by atoms with Crippen molar-refractivity contribution in [3.8, 4) is 0 Å². The molecule has 0 aliphatic rings. The van der Waals surface area contributed by atoms with E-state index in [1.807, 2.05) is 0 Å². The van der Waals surface area contributed by atoms with E-state index in [1.54, 1.807) is 0 Å². The van der Waals surface area contributed by atoms with Crippen LogP contribution in [0.25, 0.3) is 0 Å². The molecular weight excluding hydrogens is 171 g/mol. The van der Waals surface area contributed by atoms with Gasteiger partial charge in [-0.05, 0) is 12.2 Å². The molecule has 0 amide bonds. The summed E-state index contributed by atoms with van der Waals surface area (Å²) in [7, 11) is 0. The van der Waals surface area contributed by atoms with Crippen molar-refractivity contribution in [3.05, 3.63) is 35.6 Å². The van der Waals surface area contributed by atoms with Crippen molar-refractivity contribution in [2.45, 2.75) is 0 Å². The molecule has 0 unspecified atom stereocenters. The zero-order chi connectivity index (χ0) is 6.57. The second kappa shape index (κ2) is 3.61. The lowest BCUT2D eigenvalue weighted by Crippen LogP contribution is -1.57. The van der Waals surface area contributed by atoms with Crippen LogP contribution in [0.3, 0.4) is 0 Å².